The Kier molecular flexibility index (Phi) is 8.70. The first-order valence-electron chi connectivity index (χ1n) is 11.5. The van der Waals surface area contributed by atoms with E-state index in [4.69, 9.17) is 16.7 Å². The van der Waals surface area contributed by atoms with Crippen molar-refractivity contribution in [2.24, 2.45) is 13.0 Å². The fourth-order valence-corrected chi connectivity index (χ4v) is 4.71. The van der Waals surface area contributed by atoms with Gasteiger partial charge in [-0.05, 0) is 48.9 Å². The summed E-state index contributed by atoms with van der Waals surface area (Å²) in [6, 6.07) is 15.7. The Bertz CT molecular complexity index is 1110. The van der Waals surface area contributed by atoms with Crippen molar-refractivity contribution in [3.63, 3.8) is 0 Å². The molecule has 3 aromatic rings. The highest BCUT2D eigenvalue weighted by atomic mass is 35.5. The molecular formula is C27H32ClNO4. The molecule has 0 saturated heterocycles. The molecule has 1 aromatic heterocycles. The first-order chi connectivity index (χ1) is 15.8. The third-order valence-electron chi connectivity index (χ3n) is 6.14. The highest BCUT2D eigenvalue weighted by Crippen LogP contribution is 2.35. The van der Waals surface area contributed by atoms with E-state index < -0.39 is 12.1 Å². The Labute approximate surface area is 200 Å². The van der Waals surface area contributed by atoms with Gasteiger partial charge in [-0.2, -0.15) is 0 Å². The van der Waals surface area contributed by atoms with Crippen molar-refractivity contribution in [2.75, 3.05) is 0 Å². The molecular weight excluding hydrogens is 438 g/mol. The summed E-state index contributed by atoms with van der Waals surface area (Å²) in [6.07, 6.45) is 3.68. The normalized spacial score (nSPS) is 13.2. The first kappa shape index (κ1) is 25.0. The summed E-state index contributed by atoms with van der Waals surface area (Å²) >= 11 is 6.22. The largest absolute Gasteiger partial charge is 0.481 e. The number of aryl methyl sites for hydroxylation is 2. The minimum Gasteiger partial charge on any atom is -0.481 e. The molecule has 0 aliphatic heterocycles. The van der Waals surface area contributed by atoms with E-state index in [-0.39, 0.29) is 24.5 Å². The molecule has 2 atom stereocenters. The minimum absolute atomic E-state index is 0.0729. The van der Waals surface area contributed by atoms with E-state index >= 15 is 0 Å². The lowest BCUT2D eigenvalue weighted by Crippen LogP contribution is -2.14. The molecule has 0 fully saturated rings. The molecule has 0 radical (unpaired) electrons. The van der Waals surface area contributed by atoms with Crippen LogP contribution in [0.1, 0.15) is 73.2 Å². The number of unbranched alkanes of at least 4 members (excludes halogenated alkanes) is 2. The minimum atomic E-state index is -0.924. The van der Waals surface area contributed by atoms with Crippen LogP contribution >= 0.6 is 11.6 Å². The summed E-state index contributed by atoms with van der Waals surface area (Å²) in [5, 5.41) is 21.4. The first-order valence-corrected chi connectivity index (χ1v) is 11.9. The highest BCUT2D eigenvalue weighted by Gasteiger charge is 2.27. The maximum Gasteiger partial charge on any atom is 0.303 e. The second kappa shape index (κ2) is 11.5. The van der Waals surface area contributed by atoms with Crippen LogP contribution in [-0.4, -0.2) is 26.5 Å². The van der Waals surface area contributed by atoms with Crippen molar-refractivity contribution >= 4 is 34.3 Å². The number of carboxylic acid groups (broad SMARTS) is 1. The summed E-state index contributed by atoms with van der Waals surface area (Å²) < 4.78 is 1.87. The Morgan fingerprint density at radius 2 is 1.76 bits per heavy atom. The van der Waals surface area contributed by atoms with Crippen molar-refractivity contribution in [3.8, 4) is 0 Å². The van der Waals surface area contributed by atoms with Gasteiger partial charge in [0.1, 0.15) is 0 Å². The van der Waals surface area contributed by atoms with Gasteiger partial charge in [0.2, 0.25) is 0 Å². The predicted molar refractivity (Wildman–Crippen MR) is 132 cm³/mol. The average molecular weight is 470 g/mol. The standard InChI is InChI=1S/C27H32ClNO4/c1-18(16-25(32)33)15-24(31)26-21-17-20(28)13-14-22(21)29(2)27(26)23(30)12-8-4-7-11-19-9-5-3-6-10-19/h3,5-6,9-10,13-14,17-18,23,30H,4,7-8,11-12,15-16H2,1-2H3,(H,32,33)/t18-,23+/m1/s1. The average Bonchev–Trinajstić information content (AvgIpc) is 3.05. The number of aliphatic hydroxyl groups is 1. The number of aliphatic hydroxyl groups excluding tert-OH is 1. The van der Waals surface area contributed by atoms with Crippen molar-refractivity contribution in [2.45, 2.75) is 58.0 Å². The van der Waals surface area contributed by atoms with E-state index in [1.165, 1.54) is 5.56 Å². The fourth-order valence-electron chi connectivity index (χ4n) is 4.53. The van der Waals surface area contributed by atoms with Gasteiger partial charge in [-0.15, -0.1) is 0 Å². The molecule has 2 aromatic carbocycles. The van der Waals surface area contributed by atoms with E-state index in [1.54, 1.807) is 19.1 Å². The Balaban J connectivity index is 1.76. The summed E-state index contributed by atoms with van der Waals surface area (Å²) in [5.74, 6) is -1.38. The molecule has 0 aliphatic carbocycles. The summed E-state index contributed by atoms with van der Waals surface area (Å²) in [6.45, 7) is 1.76. The topological polar surface area (TPSA) is 79.5 Å². The van der Waals surface area contributed by atoms with Crippen molar-refractivity contribution in [1.82, 2.24) is 4.57 Å². The lowest BCUT2D eigenvalue weighted by Gasteiger charge is -2.16. The number of nitrogens with zero attached hydrogens (tertiary/aromatic N) is 1. The van der Waals surface area contributed by atoms with Gasteiger partial charge in [-0.1, -0.05) is 61.7 Å². The molecule has 0 spiro atoms. The second-order valence-corrected chi connectivity index (χ2v) is 9.35. The number of aromatic nitrogens is 1. The number of halogens is 1. The van der Waals surface area contributed by atoms with Crippen molar-refractivity contribution in [1.29, 1.82) is 0 Å². The molecule has 2 N–H and O–H groups in total. The number of ketones is 1. The number of fused-ring (bicyclic) bond motifs is 1. The quantitative estimate of drug-likeness (QED) is 0.239. The molecule has 0 aliphatic rings. The Morgan fingerprint density at radius 1 is 1.03 bits per heavy atom. The van der Waals surface area contributed by atoms with Gasteiger partial charge in [0, 0.05) is 41.4 Å². The molecule has 5 nitrogen and oxygen atoms in total. The van der Waals surface area contributed by atoms with Crippen LogP contribution in [0.15, 0.2) is 48.5 Å². The summed E-state index contributed by atoms with van der Waals surface area (Å²) in [7, 11) is 1.85. The van der Waals surface area contributed by atoms with E-state index in [9.17, 15) is 14.7 Å². The van der Waals surface area contributed by atoms with Crippen LogP contribution in [-0.2, 0) is 18.3 Å². The van der Waals surface area contributed by atoms with Gasteiger partial charge < -0.3 is 14.8 Å². The number of hydrogen-bond acceptors (Lipinski definition) is 3. The SMILES string of the molecule is C[C@@H](CC(=O)O)CC(=O)c1c([C@@H](O)CCCCCc2ccccc2)n(C)c2ccc(Cl)cc12. The van der Waals surface area contributed by atoms with Gasteiger partial charge >= 0.3 is 5.97 Å². The van der Waals surface area contributed by atoms with E-state index in [1.807, 2.05) is 35.9 Å². The second-order valence-electron chi connectivity index (χ2n) is 8.91. The number of hydrogen-bond donors (Lipinski definition) is 2. The maximum absolute atomic E-state index is 13.3. The van der Waals surface area contributed by atoms with Gasteiger partial charge in [0.25, 0.3) is 0 Å². The van der Waals surface area contributed by atoms with Crippen LogP contribution in [0.25, 0.3) is 10.9 Å². The Hall–Kier alpha value is -2.63. The molecule has 0 amide bonds. The zero-order valence-corrected chi connectivity index (χ0v) is 20.0. The van der Waals surface area contributed by atoms with Crippen molar-refractivity contribution < 1.29 is 19.8 Å². The lowest BCUT2D eigenvalue weighted by molar-refractivity contribution is -0.137. The highest BCUT2D eigenvalue weighted by molar-refractivity contribution is 6.31. The van der Waals surface area contributed by atoms with E-state index in [0.29, 0.717) is 28.1 Å². The number of carbonyl (C=O) groups is 2. The molecule has 0 saturated carbocycles. The van der Waals surface area contributed by atoms with Crippen LogP contribution in [0.3, 0.4) is 0 Å². The molecule has 0 bridgehead atoms. The van der Waals surface area contributed by atoms with E-state index in [2.05, 4.69) is 12.1 Å². The molecule has 33 heavy (non-hydrogen) atoms. The van der Waals surface area contributed by atoms with Crippen LogP contribution in [0.4, 0.5) is 0 Å². The summed E-state index contributed by atoms with van der Waals surface area (Å²) in [4.78, 5) is 24.3. The maximum atomic E-state index is 13.3. The van der Waals surface area contributed by atoms with Crippen LogP contribution in [0.2, 0.25) is 5.02 Å². The predicted octanol–water partition coefficient (Wildman–Crippen LogP) is 6.35. The summed E-state index contributed by atoms with van der Waals surface area (Å²) in [5.41, 5.74) is 3.19. The number of Topliss-reactive ketones (excluding diaryl/α,β-unsaturated/α-hetero) is 1. The number of rotatable bonds is 12. The molecule has 1 heterocycles. The smallest absolute Gasteiger partial charge is 0.303 e. The number of carbonyl (C=O) groups excluding carboxylic acids is 1. The number of benzene rings is 2. The van der Waals surface area contributed by atoms with Gasteiger partial charge in [-0.25, -0.2) is 0 Å². The number of aliphatic carboxylic acids is 1. The zero-order valence-electron chi connectivity index (χ0n) is 19.3. The third-order valence-corrected chi connectivity index (χ3v) is 6.38. The fraction of sp³-hybridized carbons (Fsp3) is 0.407. The van der Waals surface area contributed by atoms with Crippen LogP contribution in [0, 0.1) is 5.92 Å². The lowest BCUT2D eigenvalue weighted by atomic mass is 9.93. The zero-order chi connectivity index (χ0) is 24.0. The van der Waals surface area contributed by atoms with Gasteiger partial charge in [0.05, 0.1) is 11.8 Å². The third kappa shape index (κ3) is 6.46. The monoisotopic (exact) mass is 469 g/mol. The van der Waals surface area contributed by atoms with Crippen LogP contribution in [0.5, 0.6) is 0 Å². The van der Waals surface area contributed by atoms with Crippen LogP contribution < -0.4 is 0 Å². The molecule has 6 heteroatoms. The molecule has 176 valence electrons. The number of carboxylic acids is 1. The van der Waals surface area contributed by atoms with Crippen molar-refractivity contribution in [3.05, 3.63) is 70.4 Å². The molecule has 3 rings (SSSR count). The van der Waals surface area contributed by atoms with E-state index in [0.717, 1.165) is 31.2 Å². The molecule has 0 unspecified atom stereocenters. The van der Waals surface area contributed by atoms with Gasteiger partial charge in [-0.3, -0.25) is 9.59 Å². The Morgan fingerprint density at radius 3 is 2.45 bits per heavy atom. The van der Waals surface area contributed by atoms with Gasteiger partial charge in [0.15, 0.2) is 5.78 Å².